The number of rotatable bonds is 10. The zero-order chi connectivity index (χ0) is 23.2. The average Bonchev–Trinajstić information content (AvgIpc) is 3.21. The molecule has 1 saturated heterocycles. The number of benzene rings is 2. The van der Waals surface area contributed by atoms with E-state index in [1.54, 1.807) is 12.1 Å². The Kier molecular flexibility index (Phi) is 7.80. The van der Waals surface area contributed by atoms with E-state index in [0.29, 0.717) is 24.5 Å². The molecule has 6 heteroatoms. The third kappa shape index (κ3) is 6.97. The molecule has 0 saturated carbocycles. The van der Waals surface area contributed by atoms with E-state index in [0.717, 1.165) is 18.4 Å². The summed E-state index contributed by atoms with van der Waals surface area (Å²) in [5.41, 5.74) is 1.15. The van der Waals surface area contributed by atoms with Crippen LogP contribution in [0, 0.1) is 5.41 Å². The maximum absolute atomic E-state index is 11.7. The molecule has 174 valence electrons. The van der Waals surface area contributed by atoms with Gasteiger partial charge in [0.05, 0.1) is 0 Å². The van der Waals surface area contributed by atoms with Crippen LogP contribution in [0.2, 0.25) is 0 Å². The minimum Gasteiger partial charge on any atom is -0.491 e. The van der Waals surface area contributed by atoms with Gasteiger partial charge in [-0.05, 0) is 60.1 Å². The smallest absolute Gasteiger partial charge is 0.336 e. The Balaban J connectivity index is 1.47. The average molecular weight is 443 g/mol. The lowest BCUT2D eigenvalue weighted by Gasteiger charge is -2.23. The SMILES string of the molecule is CC(C)(C)Cc1ccc(OC[C@@H](O)COc2cccc(CC3(C(=O)O)CCCO3)c2)cc1. The van der Waals surface area contributed by atoms with Gasteiger partial charge in [-0.2, -0.15) is 0 Å². The van der Waals surface area contributed by atoms with Crippen molar-refractivity contribution >= 4 is 5.97 Å². The molecule has 3 rings (SSSR count). The lowest BCUT2D eigenvalue weighted by atomic mass is 9.88. The van der Waals surface area contributed by atoms with Gasteiger partial charge >= 0.3 is 5.97 Å². The van der Waals surface area contributed by atoms with Crippen LogP contribution in [0.1, 0.15) is 44.7 Å². The van der Waals surface area contributed by atoms with Crippen LogP contribution in [-0.2, 0) is 22.4 Å². The van der Waals surface area contributed by atoms with Crippen molar-refractivity contribution in [2.24, 2.45) is 5.41 Å². The minimum atomic E-state index is -1.16. The number of hydrogen-bond acceptors (Lipinski definition) is 5. The van der Waals surface area contributed by atoms with Crippen LogP contribution in [0.3, 0.4) is 0 Å². The van der Waals surface area contributed by atoms with Gasteiger partial charge < -0.3 is 24.4 Å². The fourth-order valence-electron chi connectivity index (χ4n) is 3.90. The van der Waals surface area contributed by atoms with E-state index in [1.807, 2.05) is 36.4 Å². The van der Waals surface area contributed by atoms with E-state index in [-0.39, 0.29) is 25.0 Å². The van der Waals surface area contributed by atoms with Crippen molar-refractivity contribution in [1.82, 2.24) is 0 Å². The van der Waals surface area contributed by atoms with Gasteiger partial charge in [0.15, 0.2) is 5.60 Å². The molecule has 0 radical (unpaired) electrons. The van der Waals surface area contributed by atoms with Crippen molar-refractivity contribution in [3.63, 3.8) is 0 Å². The molecule has 0 aromatic heterocycles. The number of ether oxygens (including phenoxy) is 3. The topological polar surface area (TPSA) is 85.2 Å². The summed E-state index contributed by atoms with van der Waals surface area (Å²) >= 11 is 0. The van der Waals surface area contributed by atoms with Gasteiger partial charge in [-0.3, -0.25) is 0 Å². The Bertz CT molecular complexity index is 878. The van der Waals surface area contributed by atoms with E-state index in [4.69, 9.17) is 14.2 Å². The molecule has 1 unspecified atom stereocenters. The second-order valence-corrected chi connectivity index (χ2v) is 9.73. The molecule has 2 aromatic rings. The van der Waals surface area contributed by atoms with Gasteiger partial charge in [0, 0.05) is 13.0 Å². The summed E-state index contributed by atoms with van der Waals surface area (Å²) in [7, 11) is 0. The van der Waals surface area contributed by atoms with Gasteiger partial charge in [0.25, 0.3) is 0 Å². The van der Waals surface area contributed by atoms with E-state index in [2.05, 4.69) is 20.8 Å². The number of carbonyl (C=O) groups is 1. The predicted octanol–water partition coefficient (Wildman–Crippen LogP) is 4.27. The van der Waals surface area contributed by atoms with E-state index in [9.17, 15) is 15.0 Å². The van der Waals surface area contributed by atoms with Gasteiger partial charge in [0.1, 0.15) is 30.8 Å². The summed E-state index contributed by atoms with van der Waals surface area (Å²) in [6.45, 7) is 7.27. The van der Waals surface area contributed by atoms with Gasteiger partial charge in [0.2, 0.25) is 0 Å². The molecule has 2 aromatic carbocycles. The fraction of sp³-hybridized carbons (Fsp3) is 0.500. The Labute approximate surface area is 190 Å². The molecular weight excluding hydrogens is 408 g/mol. The fourth-order valence-corrected chi connectivity index (χ4v) is 3.90. The molecule has 0 bridgehead atoms. The molecule has 1 fully saturated rings. The van der Waals surface area contributed by atoms with Crippen LogP contribution in [0.5, 0.6) is 11.5 Å². The molecule has 2 atom stereocenters. The van der Waals surface area contributed by atoms with E-state index in [1.165, 1.54) is 5.56 Å². The third-order valence-corrected chi connectivity index (χ3v) is 5.42. The molecule has 1 aliphatic heterocycles. The second kappa shape index (κ2) is 10.4. The summed E-state index contributed by atoms with van der Waals surface area (Å²) < 4.78 is 16.9. The summed E-state index contributed by atoms with van der Waals surface area (Å²) in [5.74, 6) is 0.353. The zero-order valence-corrected chi connectivity index (χ0v) is 19.2. The van der Waals surface area contributed by atoms with Crippen molar-refractivity contribution in [3.05, 3.63) is 59.7 Å². The van der Waals surface area contributed by atoms with Crippen molar-refractivity contribution in [2.75, 3.05) is 19.8 Å². The number of aliphatic hydroxyl groups is 1. The first-order valence-electron chi connectivity index (χ1n) is 11.1. The highest BCUT2D eigenvalue weighted by Gasteiger charge is 2.42. The van der Waals surface area contributed by atoms with Gasteiger partial charge in [-0.25, -0.2) is 4.79 Å². The Morgan fingerprint density at radius 3 is 2.34 bits per heavy atom. The Morgan fingerprint density at radius 2 is 1.75 bits per heavy atom. The molecule has 32 heavy (non-hydrogen) atoms. The van der Waals surface area contributed by atoms with Crippen LogP contribution < -0.4 is 9.47 Å². The highest BCUT2D eigenvalue weighted by molar-refractivity contribution is 5.78. The summed E-state index contributed by atoms with van der Waals surface area (Å²) in [6.07, 6.45) is 1.73. The molecular formula is C26H34O6. The second-order valence-electron chi connectivity index (χ2n) is 9.73. The van der Waals surface area contributed by atoms with Crippen LogP contribution in [0.4, 0.5) is 0 Å². The lowest BCUT2D eigenvalue weighted by Crippen LogP contribution is -2.40. The van der Waals surface area contributed by atoms with E-state index < -0.39 is 17.7 Å². The molecule has 0 aliphatic carbocycles. The highest BCUT2D eigenvalue weighted by Crippen LogP contribution is 2.31. The number of hydrogen-bond donors (Lipinski definition) is 2. The first-order chi connectivity index (χ1) is 15.2. The summed E-state index contributed by atoms with van der Waals surface area (Å²) in [4.78, 5) is 11.7. The van der Waals surface area contributed by atoms with E-state index >= 15 is 0 Å². The number of carboxylic acids is 1. The monoisotopic (exact) mass is 442 g/mol. The predicted molar refractivity (Wildman–Crippen MR) is 122 cm³/mol. The van der Waals surface area contributed by atoms with Crippen LogP contribution in [-0.4, -0.2) is 47.7 Å². The van der Waals surface area contributed by atoms with Crippen LogP contribution >= 0.6 is 0 Å². The van der Waals surface area contributed by atoms with Gasteiger partial charge in [-0.1, -0.05) is 45.0 Å². The minimum absolute atomic E-state index is 0.0755. The first-order valence-corrected chi connectivity index (χ1v) is 11.1. The van der Waals surface area contributed by atoms with Crippen molar-refractivity contribution in [3.8, 4) is 11.5 Å². The maximum atomic E-state index is 11.7. The largest absolute Gasteiger partial charge is 0.491 e. The maximum Gasteiger partial charge on any atom is 0.336 e. The first kappa shape index (κ1) is 24.1. The summed E-state index contributed by atoms with van der Waals surface area (Å²) in [6, 6.07) is 15.2. The Hall–Kier alpha value is -2.57. The third-order valence-electron chi connectivity index (χ3n) is 5.42. The standard InChI is InChI=1S/C26H34O6/c1-25(2,3)15-19-8-10-22(11-9-19)30-17-21(27)18-31-23-7-4-6-20(14-23)16-26(24(28)29)12-5-13-32-26/h4,6-11,14,21,27H,5,12-13,15-18H2,1-3H3,(H,28,29)/t21-,26?/m1/s1. The molecule has 0 spiro atoms. The highest BCUT2D eigenvalue weighted by atomic mass is 16.5. The number of aliphatic hydroxyl groups excluding tert-OH is 1. The number of carboxylic acid groups (broad SMARTS) is 1. The molecule has 1 aliphatic rings. The number of aliphatic carboxylic acids is 1. The molecule has 6 nitrogen and oxygen atoms in total. The normalized spacial score (nSPS) is 19.5. The molecule has 0 amide bonds. The van der Waals surface area contributed by atoms with Gasteiger partial charge in [-0.15, -0.1) is 0 Å². The Morgan fingerprint density at radius 1 is 1.06 bits per heavy atom. The lowest BCUT2D eigenvalue weighted by molar-refractivity contribution is -0.159. The van der Waals surface area contributed by atoms with Crippen LogP contribution in [0.25, 0.3) is 0 Å². The van der Waals surface area contributed by atoms with Crippen LogP contribution in [0.15, 0.2) is 48.5 Å². The van der Waals surface area contributed by atoms with Crippen molar-refractivity contribution < 1.29 is 29.2 Å². The summed E-state index contributed by atoms with van der Waals surface area (Å²) in [5, 5.41) is 19.8. The van der Waals surface area contributed by atoms with Crippen molar-refractivity contribution in [1.29, 1.82) is 0 Å². The zero-order valence-electron chi connectivity index (χ0n) is 19.2. The molecule has 2 N–H and O–H groups in total. The quantitative estimate of drug-likeness (QED) is 0.572. The molecule has 1 heterocycles. The van der Waals surface area contributed by atoms with Crippen molar-refractivity contribution in [2.45, 2.75) is 58.2 Å².